The predicted molar refractivity (Wildman–Crippen MR) is 225 cm³/mol. The van der Waals surface area contributed by atoms with Gasteiger partial charge < -0.3 is 79.5 Å². The second kappa shape index (κ2) is 16.9. The topological polar surface area (TPSA) is 275 Å². The molecule has 24 atom stereocenters. The van der Waals surface area contributed by atoms with Gasteiger partial charge in [-0.05, 0) is 111 Å². The Kier molecular flexibility index (Phi) is 13.0. The van der Waals surface area contributed by atoms with Crippen LogP contribution in [0.4, 0.5) is 0 Å². The van der Waals surface area contributed by atoms with E-state index in [0.29, 0.717) is 25.7 Å². The number of carbonyl (C=O) groups is 1. The van der Waals surface area contributed by atoms with Crippen molar-refractivity contribution in [2.24, 2.45) is 50.7 Å². The number of ether oxygens (including phenoxy) is 6. The maximum absolute atomic E-state index is 13.2. The fourth-order valence-electron chi connectivity index (χ4n) is 15.0. The first-order valence-corrected chi connectivity index (χ1v) is 23.7. The van der Waals surface area contributed by atoms with Gasteiger partial charge in [-0.3, -0.25) is 4.79 Å². The van der Waals surface area contributed by atoms with Crippen LogP contribution in [0.3, 0.4) is 0 Å². The quantitative estimate of drug-likeness (QED) is 0.122. The van der Waals surface area contributed by atoms with E-state index in [1.165, 1.54) is 6.92 Å². The Bertz CT molecular complexity index is 1760. The molecule has 0 aromatic carbocycles. The molecule has 64 heavy (non-hydrogen) atoms. The van der Waals surface area contributed by atoms with E-state index in [1.54, 1.807) is 0 Å². The summed E-state index contributed by atoms with van der Waals surface area (Å²) in [6.07, 6.45) is -13.0. The van der Waals surface area contributed by atoms with Crippen molar-refractivity contribution in [3.05, 3.63) is 11.6 Å². The van der Waals surface area contributed by atoms with Crippen LogP contribution in [0.25, 0.3) is 0 Å². The van der Waals surface area contributed by atoms with Gasteiger partial charge in [0.05, 0.1) is 36.4 Å². The van der Waals surface area contributed by atoms with Crippen LogP contribution in [0, 0.1) is 50.7 Å². The van der Waals surface area contributed by atoms with E-state index in [2.05, 4.69) is 40.7 Å². The minimum absolute atomic E-state index is 0.0348. The number of aliphatic hydroxyl groups excluding tert-OH is 8. The Hall–Kier alpha value is -1.39. The van der Waals surface area contributed by atoms with Gasteiger partial charge >= 0.3 is 5.97 Å². The van der Waals surface area contributed by atoms with Gasteiger partial charge in [0.15, 0.2) is 18.9 Å². The highest BCUT2D eigenvalue weighted by Crippen LogP contribution is 2.76. The van der Waals surface area contributed by atoms with E-state index in [1.807, 2.05) is 13.8 Å². The number of fused-ring (bicyclic) bond motifs is 7. The van der Waals surface area contributed by atoms with Crippen LogP contribution < -0.4 is 0 Å². The molecule has 8 aliphatic rings. The lowest BCUT2D eigenvalue weighted by Gasteiger charge is -2.72. The third-order valence-corrected chi connectivity index (χ3v) is 19.4. The molecule has 10 N–H and O–H groups in total. The van der Waals surface area contributed by atoms with Crippen molar-refractivity contribution >= 4 is 5.97 Å². The molecule has 0 aromatic heterocycles. The summed E-state index contributed by atoms with van der Waals surface area (Å²) < 4.78 is 36.6. The van der Waals surface area contributed by atoms with E-state index in [9.17, 15) is 55.9 Å². The van der Waals surface area contributed by atoms with Gasteiger partial charge in [-0.2, -0.15) is 0 Å². The zero-order valence-corrected chi connectivity index (χ0v) is 38.7. The van der Waals surface area contributed by atoms with Gasteiger partial charge in [-0.15, -0.1) is 0 Å². The van der Waals surface area contributed by atoms with E-state index < -0.39 is 127 Å². The number of carboxylic acids is 1. The van der Waals surface area contributed by atoms with Crippen LogP contribution >= 0.6 is 0 Å². The predicted octanol–water partition coefficient (Wildman–Crippen LogP) is 1.34. The molecule has 0 radical (unpaired) electrons. The normalized spacial score (nSPS) is 56.1. The maximum atomic E-state index is 13.2. The third kappa shape index (κ3) is 7.23. The van der Waals surface area contributed by atoms with Crippen molar-refractivity contribution in [3.63, 3.8) is 0 Å². The molecule has 17 nitrogen and oxygen atoms in total. The Morgan fingerprint density at radius 1 is 0.719 bits per heavy atom. The minimum atomic E-state index is -1.80. The lowest BCUT2D eigenvalue weighted by molar-refractivity contribution is -0.392. The number of rotatable bonds is 8. The van der Waals surface area contributed by atoms with Crippen LogP contribution in [0.15, 0.2) is 11.6 Å². The first-order valence-electron chi connectivity index (χ1n) is 23.7. The zero-order chi connectivity index (χ0) is 46.9. The van der Waals surface area contributed by atoms with Crippen LogP contribution in [0.2, 0.25) is 0 Å². The zero-order valence-electron chi connectivity index (χ0n) is 38.7. The van der Waals surface area contributed by atoms with Crippen molar-refractivity contribution in [1.82, 2.24) is 0 Å². The second-order valence-corrected chi connectivity index (χ2v) is 22.7. The van der Waals surface area contributed by atoms with Crippen molar-refractivity contribution in [3.8, 4) is 0 Å². The van der Waals surface area contributed by atoms with Gasteiger partial charge in [0.1, 0.15) is 61.0 Å². The highest BCUT2D eigenvalue weighted by molar-refractivity contribution is 5.77. The average molecular weight is 913 g/mol. The Morgan fingerprint density at radius 3 is 2.06 bits per heavy atom. The molecule has 3 saturated heterocycles. The first-order chi connectivity index (χ1) is 29.8. The largest absolute Gasteiger partial charge is 0.481 e. The monoisotopic (exact) mass is 913 g/mol. The van der Waals surface area contributed by atoms with Crippen molar-refractivity contribution in [1.29, 1.82) is 0 Å². The smallest absolute Gasteiger partial charge is 0.310 e. The van der Waals surface area contributed by atoms with Gasteiger partial charge in [0.25, 0.3) is 0 Å². The molecule has 3 aliphatic heterocycles. The summed E-state index contributed by atoms with van der Waals surface area (Å²) in [5.41, 5.74) is -2.10. The second-order valence-electron chi connectivity index (χ2n) is 22.7. The fourth-order valence-corrected chi connectivity index (χ4v) is 15.0. The summed E-state index contributed by atoms with van der Waals surface area (Å²) in [7, 11) is 0. The summed E-state index contributed by atoms with van der Waals surface area (Å²) in [4.78, 5) is 13.2. The van der Waals surface area contributed by atoms with Crippen LogP contribution in [-0.4, -0.2) is 168 Å². The lowest BCUT2D eigenvalue weighted by Crippen LogP contribution is -2.68. The van der Waals surface area contributed by atoms with Gasteiger partial charge in [0.2, 0.25) is 0 Å². The molecule has 0 spiro atoms. The molecular formula is C47H76O17. The molecule has 7 fully saturated rings. The number of hydrogen-bond donors (Lipinski definition) is 10. The van der Waals surface area contributed by atoms with Crippen molar-refractivity contribution < 1.29 is 84.3 Å². The molecule has 24 unspecified atom stereocenters. The molecule has 8 rings (SSSR count). The van der Waals surface area contributed by atoms with Crippen LogP contribution in [0.5, 0.6) is 0 Å². The standard InChI is InChI=1S/C47H76O17/c1-21-11-16-47(41(56)57)18-17-44(6)23(37(47)46(21,8)58)9-10-27-43(5)14-13-28(42(3,4)26(43)12-15-45(27,44)7)62-39-35(30(51)24(49)20-59-39)64-40-36(33(54)31(52)25(19-48)61-40)63-38-34(55)32(53)29(50)22(2)60-38/h9,21-22,24-40,48-55,58H,10-20H2,1-8H3,(H,56,57). The first kappa shape index (κ1) is 49.0. The number of aliphatic hydroxyl groups is 9. The Labute approximate surface area is 376 Å². The summed E-state index contributed by atoms with van der Waals surface area (Å²) >= 11 is 0. The molecular weight excluding hydrogens is 837 g/mol. The van der Waals surface area contributed by atoms with E-state index >= 15 is 0 Å². The number of aliphatic carboxylic acids is 1. The van der Waals surface area contributed by atoms with Crippen molar-refractivity contribution in [2.45, 2.75) is 211 Å². The molecule has 0 amide bonds. The Morgan fingerprint density at radius 2 is 1.39 bits per heavy atom. The summed E-state index contributed by atoms with van der Waals surface area (Å²) in [5, 5.41) is 109. The van der Waals surface area contributed by atoms with Crippen molar-refractivity contribution in [2.75, 3.05) is 13.2 Å². The van der Waals surface area contributed by atoms with E-state index in [0.717, 1.165) is 37.7 Å². The summed E-state index contributed by atoms with van der Waals surface area (Å²) in [6.45, 7) is 15.9. The number of allylic oxidation sites excluding steroid dienone is 1. The number of carboxylic acid groups (broad SMARTS) is 1. The third-order valence-electron chi connectivity index (χ3n) is 19.4. The van der Waals surface area contributed by atoms with Crippen LogP contribution in [0.1, 0.15) is 113 Å². The van der Waals surface area contributed by atoms with Crippen LogP contribution in [-0.2, 0) is 33.2 Å². The molecule has 0 aromatic rings. The highest BCUT2D eigenvalue weighted by Gasteiger charge is 2.71. The summed E-state index contributed by atoms with van der Waals surface area (Å²) in [5.74, 6) is -0.871. The molecule has 366 valence electrons. The molecule has 17 heteroatoms. The van der Waals surface area contributed by atoms with Gasteiger partial charge in [0, 0.05) is 5.92 Å². The molecule has 4 saturated carbocycles. The SMILES string of the molecule is CC1OC(OC2C(OC3C(OC4CCC5(C)C(CCC6(C)C5CC=C5C7C(C(=O)O)(CCC(C)C7(C)O)CCC56C)C4(C)C)OCC(O)C3O)OC(CO)C(O)C2O)C(O)C(O)C1O. The number of hydrogen-bond acceptors (Lipinski definition) is 16. The lowest BCUT2D eigenvalue weighted by atomic mass is 9.33. The Balaban J connectivity index is 1.04. The summed E-state index contributed by atoms with van der Waals surface area (Å²) in [6, 6.07) is 0. The van der Waals surface area contributed by atoms with Gasteiger partial charge in [-0.1, -0.05) is 53.2 Å². The van der Waals surface area contributed by atoms with Gasteiger partial charge in [-0.25, -0.2) is 0 Å². The van der Waals surface area contributed by atoms with E-state index in [-0.39, 0.29) is 40.6 Å². The van der Waals surface area contributed by atoms with E-state index in [4.69, 9.17) is 28.4 Å². The average Bonchev–Trinajstić information content (AvgIpc) is 3.23. The minimum Gasteiger partial charge on any atom is -0.481 e. The molecule has 3 heterocycles. The fraction of sp³-hybridized carbons (Fsp3) is 0.936. The molecule has 5 aliphatic carbocycles. The molecule has 0 bridgehead atoms. The highest BCUT2D eigenvalue weighted by atomic mass is 16.8. The maximum Gasteiger partial charge on any atom is 0.310 e.